The summed E-state index contributed by atoms with van der Waals surface area (Å²) in [6.45, 7) is 2.53. The van der Waals surface area contributed by atoms with E-state index in [-0.39, 0.29) is 5.97 Å². The van der Waals surface area contributed by atoms with Crippen LogP contribution in [0.15, 0.2) is 0 Å². The van der Waals surface area contributed by atoms with Gasteiger partial charge in [0.05, 0.1) is 25.1 Å². The quantitative estimate of drug-likeness (QED) is 0.618. The summed E-state index contributed by atoms with van der Waals surface area (Å²) >= 11 is 5.93. The highest BCUT2D eigenvalue weighted by molar-refractivity contribution is 6.16. The summed E-state index contributed by atoms with van der Waals surface area (Å²) in [6.07, 6.45) is 1.10. The van der Waals surface area contributed by atoms with Gasteiger partial charge in [0.1, 0.15) is 11.3 Å². The van der Waals surface area contributed by atoms with Crippen molar-refractivity contribution in [3.63, 3.8) is 0 Å². The smallest absolute Gasteiger partial charge is 0.307 e. The summed E-state index contributed by atoms with van der Waals surface area (Å²) in [5.74, 6) is 0.808. The number of hydrogen-bond acceptors (Lipinski definition) is 4. The van der Waals surface area contributed by atoms with E-state index in [1.165, 1.54) is 7.11 Å². The first kappa shape index (κ1) is 13.9. The van der Waals surface area contributed by atoms with Crippen LogP contribution in [0.1, 0.15) is 24.9 Å². The van der Waals surface area contributed by atoms with Crippen LogP contribution in [0.5, 0.6) is 0 Å². The summed E-state index contributed by atoms with van der Waals surface area (Å²) in [5.41, 5.74) is 2.71. The van der Waals surface area contributed by atoms with Crippen LogP contribution < -0.4 is 0 Å². The molecule has 0 N–H and O–H groups in total. The Hall–Kier alpha value is -1.56. The normalized spacial score (nSPS) is 11.2. The number of esters is 1. The monoisotopic (exact) mass is 284 g/mol. The van der Waals surface area contributed by atoms with Gasteiger partial charge in [-0.05, 0) is 6.42 Å². The minimum Gasteiger partial charge on any atom is -0.469 e. The number of nitrogens with zero attached hydrogens (tertiary/aromatic N) is 4. The molecule has 0 aliphatic rings. The number of hydrogen-bond donors (Lipinski definition) is 0. The van der Waals surface area contributed by atoms with Gasteiger partial charge in [-0.1, -0.05) is 6.92 Å². The molecule has 0 spiro atoms. The van der Waals surface area contributed by atoms with Crippen molar-refractivity contribution in [1.29, 1.82) is 0 Å². The van der Waals surface area contributed by atoms with E-state index in [2.05, 4.69) is 14.8 Å². The number of fused-ring (bicyclic) bond motifs is 1. The predicted molar refractivity (Wildman–Crippen MR) is 72.1 cm³/mol. The Bertz CT molecular complexity index is 602. The van der Waals surface area contributed by atoms with Crippen molar-refractivity contribution in [2.75, 3.05) is 7.11 Å². The molecule has 0 aromatic carbocycles. The molecule has 0 radical (unpaired) electrons. The van der Waals surface area contributed by atoms with Gasteiger partial charge in [-0.25, -0.2) is 4.98 Å². The molecular weight excluding hydrogens is 268 g/mol. The third-order valence-electron chi connectivity index (χ3n) is 3.09. The lowest BCUT2D eigenvalue weighted by atomic mass is 10.3. The number of alkyl halides is 1. The van der Waals surface area contributed by atoms with E-state index in [9.17, 15) is 4.79 Å². The molecular formula is C12H17ClN4O2. The van der Waals surface area contributed by atoms with E-state index < -0.39 is 0 Å². The fraction of sp³-hybridized carbons (Fsp3) is 0.583. The first-order valence-corrected chi connectivity index (χ1v) is 6.69. The highest BCUT2D eigenvalue weighted by atomic mass is 35.5. The van der Waals surface area contributed by atoms with E-state index >= 15 is 0 Å². The SMILES string of the molecule is CCc1nn(C)c2c1nc(CCl)n2CCC(=O)OC. The summed E-state index contributed by atoms with van der Waals surface area (Å²) in [7, 11) is 3.25. The second-order valence-electron chi connectivity index (χ2n) is 4.24. The van der Waals surface area contributed by atoms with E-state index in [1.807, 2.05) is 18.5 Å². The average molecular weight is 285 g/mol. The number of rotatable bonds is 5. The Labute approximate surface area is 116 Å². The second-order valence-corrected chi connectivity index (χ2v) is 4.50. The van der Waals surface area contributed by atoms with Crippen LogP contribution in [0.4, 0.5) is 0 Å². The first-order chi connectivity index (χ1) is 9.12. The zero-order valence-electron chi connectivity index (χ0n) is 11.3. The molecule has 0 aliphatic heterocycles. The van der Waals surface area contributed by atoms with Crippen LogP contribution in [0.2, 0.25) is 0 Å². The summed E-state index contributed by atoms with van der Waals surface area (Å²) < 4.78 is 8.38. The van der Waals surface area contributed by atoms with Crippen LogP contribution in [-0.2, 0) is 35.4 Å². The van der Waals surface area contributed by atoms with Crippen molar-refractivity contribution in [2.24, 2.45) is 7.05 Å². The highest BCUT2D eigenvalue weighted by Crippen LogP contribution is 2.21. The molecule has 2 heterocycles. The van der Waals surface area contributed by atoms with Crippen LogP contribution in [-0.4, -0.2) is 32.4 Å². The van der Waals surface area contributed by atoms with E-state index in [4.69, 9.17) is 11.6 Å². The molecule has 6 nitrogen and oxygen atoms in total. The Morgan fingerprint density at radius 1 is 1.47 bits per heavy atom. The van der Waals surface area contributed by atoms with E-state index in [0.717, 1.165) is 29.1 Å². The fourth-order valence-corrected chi connectivity index (χ4v) is 2.37. The van der Waals surface area contributed by atoms with Gasteiger partial charge in [-0.2, -0.15) is 5.10 Å². The number of aromatic nitrogens is 4. The maximum Gasteiger partial charge on any atom is 0.307 e. The molecule has 104 valence electrons. The van der Waals surface area contributed by atoms with Gasteiger partial charge >= 0.3 is 5.97 Å². The number of methoxy groups -OCH3 is 1. The van der Waals surface area contributed by atoms with Crippen LogP contribution in [0.25, 0.3) is 11.2 Å². The van der Waals surface area contributed by atoms with Gasteiger partial charge in [0.2, 0.25) is 0 Å². The molecule has 0 unspecified atom stereocenters. The predicted octanol–water partition coefficient (Wildman–Crippen LogP) is 1.63. The lowest BCUT2D eigenvalue weighted by molar-refractivity contribution is -0.140. The zero-order chi connectivity index (χ0) is 14.0. The zero-order valence-corrected chi connectivity index (χ0v) is 12.1. The van der Waals surface area contributed by atoms with Crippen LogP contribution in [0, 0.1) is 0 Å². The van der Waals surface area contributed by atoms with Gasteiger partial charge in [-0.15, -0.1) is 11.6 Å². The molecule has 0 amide bonds. The maximum absolute atomic E-state index is 11.3. The molecule has 2 aromatic rings. The third kappa shape index (κ3) is 2.45. The van der Waals surface area contributed by atoms with Crippen LogP contribution in [0.3, 0.4) is 0 Å². The lowest BCUT2D eigenvalue weighted by Crippen LogP contribution is -2.11. The summed E-state index contributed by atoms with van der Waals surface area (Å²) in [4.78, 5) is 15.8. The number of ether oxygens (including phenoxy) is 1. The third-order valence-corrected chi connectivity index (χ3v) is 3.33. The van der Waals surface area contributed by atoms with Gasteiger partial charge in [0.15, 0.2) is 5.65 Å². The molecule has 7 heteroatoms. The van der Waals surface area contributed by atoms with Crippen LogP contribution >= 0.6 is 11.6 Å². The van der Waals surface area contributed by atoms with Crippen molar-refractivity contribution in [2.45, 2.75) is 32.2 Å². The molecule has 19 heavy (non-hydrogen) atoms. The van der Waals surface area contributed by atoms with Crippen molar-refractivity contribution < 1.29 is 9.53 Å². The number of carbonyl (C=O) groups excluding carboxylic acids is 1. The van der Waals surface area contributed by atoms with Gasteiger partial charge in [0.25, 0.3) is 0 Å². The molecule has 0 fully saturated rings. The minimum absolute atomic E-state index is 0.250. The number of aryl methyl sites for hydroxylation is 3. The van der Waals surface area contributed by atoms with Crippen molar-refractivity contribution in [3.8, 4) is 0 Å². The fourth-order valence-electron chi connectivity index (χ4n) is 2.17. The maximum atomic E-state index is 11.3. The highest BCUT2D eigenvalue weighted by Gasteiger charge is 2.18. The molecule has 2 rings (SSSR count). The van der Waals surface area contributed by atoms with Gasteiger partial charge in [0, 0.05) is 13.6 Å². The topological polar surface area (TPSA) is 61.9 Å². The van der Waals surface area contributed by atoms with Crippen molar-refractivity contribution in [1.82, 2.24) is 19.3 Å². The largest absolute Gasteiger partial charge is 0.469 e. The number of imidazole rings is 1. The molecule has 0 saturated heterocycles. The standard InChI is InChI=1S/C12H17ClN4O2/c1-4-8-11-12(16(2)15-8)17(9(7-13)14-11)6-5-10(18)19-3/h4-7H2,1-3H3. The number of halogens is 1. The molecule has 0 saturated carbocycles. The van der Waals surface area contributed by atoms with E-state index in [1.54, 1.807) is 4.68 Å². The summed E-state index contributed by atoms with van der Waals surface area (Å²) in [6, 6.07) is 0. The Morgan fingerprint density at radius 2 is 2.21 bits per heavy atom. The Morgan fingerprint density at radius 3 is 2.79 bits per heavy atom. The first-order valence-electron chi connectivity index (χ1n) is 6.16. The van der Waals surface area contributed by atoms with Crippen molar-refractivity contribution >= 4 is 28.7 Å². The second kappa shape index (κ2) is 5.61. The molecule has 2 aromatic heterocycles. The minimum atomic E-state index is -0.250. The Balaban J connectivity index is 2.45. The van der Waals surface area contributed by atoms with Gasteiger partial charge < -0.3 is 9.30 Å². The summed E-state index contributed by atoms with van der Waals surface area (Å²) in [5, 5.41) is 4.43. The number of carbonyl (C=O) groups is 1. The van der Waals surface area contributed by atoms with Crippen molar-refractivity contribution in [3.05, 3.63) is 11.5 Å². The van der Waals surface area contributed by atoms with E-state index in [0.29, 0.717) is 18.8 Å². The van der Waals surface area contributed by atoms with Gasteiger partial charge in [-0.3, -0.25) is 9.48 Å². The molecule has 0 atom stereocenters. The molecule has 0 bridgehead atoms. The lowest BCUT2D eigenvalue weighted by Gasteiger charge is -2.07. The Kier molecular flexibility index (Phi) is 4.09. The average Bonchev–Trinajstić information content (AvgIpc) is 2.93. The molecule has 0 aliphatic carbocycles.